The van der Waals surface area contributed by atoms with Crippen LogP contribution < -0.4 is 25.0 Å². The molecule has 1 atom stereocenters. The van der Waals surface area contributed by atoms with E-state index in [1.165, 1.54) is 6.07 Å². The van der Waals surface area contributed by atoms with Crippen LogP contribution in [0.3, 0.4) is 0 Å². The van der Waals surface area contributed by atoms with Crippen molar-refractivity contribution in [2.24, 2.45) is 0 Å². The third-order valence-corrected chi connectivity index (χ3v) is 5.67. The maximum atomic E-state index is 14.2. The number of benzene rings is 2. The highest BCUT2D eigenvalue weighted by atomic mass is 19.1. The van der Waals surface area contributed by atoms with Crippen LogP contribution in [0.15, 0.2) is 42.5 Å². The summed E-state index contributed by atoms with van der Waals surface area (Å²) in [6.07, 6.45) is 0. The Hall–Kier alpha value is -3.00. The van der Waals surface area contributed by atoms with Crippen molar-refractivity contribution in [3.05, 3.63) is 53.8 Å². The Balaban J connectivity index is 1.48. The van der Waals surface area contributed by atoms with E-state index in [1.54, 1.807) is 6.07 Å². The molecule has 32 heavy (non-hydrogen) atoms. The van der Waals surface area contributed by atoms with Gasteiger partial charge in [-0.2, -0.15) is 0 Å². The minimum absolute atomic E-state index is 0.0435. The van der Waals surface area contributed by atoms with Crippen molar-refractivity contribution in [1.82, 2.24) is 15.5 Å². The average Bonchev–Trinajstić information content (AvgIpc) is 3.22. The highest BCUT2D eigenvalue weighted by Gasteiger charge is 2.28. The second-order valence-electron chi connectivity index (χ2n) is 9.19. The first kappa shape index (κ1) is 22.2. The number of rotatable bonds is 5. The van der Waals surface area contributed by atoms with Gasteiger partial charge in [0.2, 0.25) is 6.79 Å². The molecule has 0 bridgehead atoms. The number of piperazine rings is 1. The van der Waals surface area contributed by atoms with Gasteiger partial charge in [-0.25, -0.2) is 9.18 Å². The summed E-state index contributed by atoms with van der Waals surface area (Å²) < 4.78 is 25.2. The molecule has 4 rings (SSSR count). The van der Waals surface area contributed by atoms with Crippen LogP contribution in [-0.4, -0.2) is 56.0 Å². The zero-order valence-electron chi connectivity index (χ0n) is 18.9. The van der Waals surface area contributed by atoms with E-state index >= 15 is 0 Å². The van der Waals surface area contributed by atoms with Gasteiger partial charge in [0.1, 0.15) is 5.82 Å². The lowest BCUT2D eigenvalue weighted by Gasteiger charge is -2.40. The summed E-state index contributed by atoms with van der Waals surface area (Å²) >= 11 is 0. The van der Waals surface area contributed by atoms with Crippen molar-refractivity contribution in [3.8, 4) is 11.5 Å². The monoisotopic (exact) mass is 442 g/mol. The van der Waals surface area contributed by atoms with E-state index in [9.17, 15) is 9.18 Å². The summed E-state index contributed by atoms with van der Waals surface area (Å²) in [4.78, 5) is 16.8. The van der Waals surface area contributed by atoms with Gasteiger partial charge in [0, 0.05) is 38.3 Å². The molecule has 2 aliphatic rings. The number of ether oxygens (including phenoxy) is 2. The number of hydrogen-bond acceptors (Lipinski definition) is 5. The van der Waals surface area contributed by atoms with Crippen molar-refractivity contribution < 1.29 is 18.7 Å². The molecule has 2 amide bonds. The molecule has 8 heteroatoms. The fourth-order valence-electron chi connectivity index (χ4n) is 4.14. The van der Waals surface area contributed by atoms with Crippen LogP contribution in [0.2, 0.25) is 0 Å². The maximum absolute atomic E-state index is 14.2. The van der Waals surface area contributed by atoms with E-state index in [0.717, 1.165) is 30.2 Å². The SMILES string of the molecule is CC(C)(C)NC(=O)NC[C@@H](c1ccc2c(c1)OCO2)N1CCN(c2ccccc2F)CC1. The first-order valence-electron chi connectivity index (χ1n) is 11.0. The van der Waals surface area contributed by atoms with Gasteiger partial charge in [-0.15, -0.1) is 0 Å². The molecule has 1 fully saturated rings. The van der Waals surface area contributed by atoms with Gasteiger partial charge in [-0.1, -0.05) is 18.2 Å². The largest absolute Gasteiger partial charge is 0.454 e. The predicted octanol–water partition coefficient (Wildman–Crippen LogP) is 3.52. The fraction of sp³-hybridized carbons (Fsp3) is 0.458. The van der Waals surface area contributed by atoms with E-state index in [2.05, 4.69) is 20.4 Å². The van der Waals surface area contributed by atoms with E-state index in [0.29, 0.717) is 25.3 Å². The van der Waals surface area contributed by atoms with Crippen LogP contribution in [0.5, 0.6) is 11.5 Å². The molecule has 2 aromatic rings. The third kappa shape index (κ3) is 5.24. The number of para-hydroxylation sites is 1. The number of hydrogen-bond donors (Lipinski definition) is 2. The Bertz CT molecular complexity index is 955. The molecule has 0 aromatic heterocycles. The molecule has 2 aliphatic heterocycles. The zero-order chi connectivity index (χ0) is 22.7. The van der Waals surface area contributed by atoms with Crippen molar-refractivity contribution in [2.75, 3.05) is 44.4 Å². The molecule has 7 nitrogen and oxygen atoms in total. The summed E-state index contributed by atoms with van der Waals surface area (Å²) in [5, 5.41) is 5.96. The average molecular weight is 443 g/mol. The minimum Gasteiger partial charge on any atom is -0.454 e. The fourth-order valence-corrected chi connectivity index (χ4v) is 4.14. The predicted molar refractivity (Wildman–Crippen MR) is 122 cm³/mol. The molecule has 2 N–H and O–H groups in total. The lowest BCUT2D eigenvalue weighted by molar-refractivity contribution is 0.172. The molecule has 0 unspecified atom stereocenters. The van der Waals surface area contributed by atoms with Crippen LogP contribution in [-0.2, 0) is 0 Å². The molecular formula is C24H31FN4O3. The van der Waals surface area contributed by atoms with Gasteiger partial charge in [0.25, 0.3) is 0 Å². The normalized spacial score (nSPS) is 17.2. The highest BCUT2D eigenvalue weighted by Crippen LogP contribution is 2.36. The van der Waals surface area contributed by atoms with Crippen molar-refractivity contribution in [2.45, 2.75) is 32.4 Å². The third-order valence-electron chi connectivity index (χ3n) is 5.67. The zero-order valence-corrected chi connectivity index (χ0v) is 18.9. The van der Waals surface area contributed by atoms with Crippen LogP contribution >= 0.6 is 0 Å². The number of carbonyl (C=O) groups excluding carboxylic acids is 1. The topological polar surface area (TPSA) is 66.1 Å². The number of urea groups is 1. The summed E-state index contributed by atoms with van der Waals surface area (Å²) in [6.45, 7) is 9.41. The number of nitrogens with one attached hydrogen (secondary N) is 2. The lowest BCUT2D eigenvalue weighted by atomic mass is 10.0. The molecule has 0 spiro atoms. The van der Waals surface area contributed by atoms with E-state index in [-0.39, 0.29) is 30.2 Å². The van der Waals surface area contributed by atoms with Gasteiger partial charge in [-0.05, 0) is 50.6 Å². The van der Waals surface area contributed by atoms with E-state index in [4.69, 9.17) is 9.47 Å². The van der Waals surface area contributed by atoms with Gasteiger partial charge in [-0.3, -0.25) is 4.90 Å². The quantitative estimate of drug-likeness (QED) is 0.742. The van der Waals surface area contributed by atoms with Crippen LogP contribution in [0.25, 0.3) is 0 Å². The van der Waals surface area contributed by atoms with Crippen molar-refractivity contribution in [1.29, 1.82) is 0 Å². The molecule has 2 aromatic carbocycles. The molecule has 1 saturated heterocycles. The Kier molecular flexibility index (Phi) is 6.41. The Morgan fingerprint density at radius 2 is 1.78 bits per heavy atom. The lowest BCUT2D eigenvalue weighted by Crippen LogP contribution is -2.52. The number of halogens is 1. The van der Waals surface area contributed by atoms with Crippen molar-refractivity contribution in [3.63, 3.8) is 0 Å². The Morgan fingerprint density at radius 3 is 2.50 bits per heavy atom. The molecule has 0 saturated carbocycles. The minimum atomic E-state index is -0.316. The smallest absolute Gasteiger partial charge is 0.315 e. The molecular weight excluding hydrogens is 411 g/mol. The van der Waals surface area contributed by atoms with Gasteiger partial charge in [0.05, 0.1) is 11.7 Å². The highest BCUT2D eigenvalue weighted by molar-refractivity contribution is 5.74. The van der Waals surface area contributed by atoms with E-state index in [1.807, 2.05) is 51.1 Å². The molecule has 2 heterocycles. The number of nitrogens with zero attached hydrogens (tertiary/aromatic N) is 2. The first-order chi connectivity index (χ1) is 15.3. The first-order valence-corrected chi connectivity index (χ1v) is 11.0. The second kappa shape index (κ2) is 9.24. The maximum Gasteiger partial charge on any atom is 0.315 e. The van der Waals surface area contributed by atoms with Gasteiger partial charge in [0.15, 0.2) is 11.5 Å². The van der Waals surface area contributed by atoms with Crippen LogP contribution in [0.1, 0.15) is 32.4 Å². The van der Waals surface area contributed by atoms with Gasteiger partial charge < -0.3 is 25.0 Å². The summed E-state index contributed by atoms with van der Waals surface area (Å²) in [5.41, 5.74) is 1.36. The Morgan fingerprint density at radius 1 is 1.06 bits per heavy atom. The number of anilines is 1. The number of fused-ring (bicyclic) bond motifs is 1. The molecule has 0 aliphatic carbocycles. The van der Waals surface area contributed by atoms with Gasteiger partial charge >= 0.3 is 6.03 Å². The summed E-state index contributed by atoms with van der Waals surface area (Å²) in [7, 11) is 0. The summed E-state index contributed by atoms with van der Waals surface area (Å²) in [5.74, 6) is 1.25. The standard InChI is InChI=1S/C24H31FN4O3/c1-24(2,3)27-23(30)26-15-20(17-8-9-21-22(14-17)32-16-31-21)29-12-10-28(11-13-29)19-7-5-4-6-18(19)25/h4-9,14,20H,10-13,15-16H2,1-3H3,(H2,26,27,30)/t20-/m0/s1. The Labute approximate surface area is 188 Å². The summed E-state index contributed by atoms with van der Waals surface area (Å²) in [6, 6.07) is 12.6. The van der Waals surface area contributed by atoms with Crippen LogP contribution in [0, 0.1) is 5.82 Å². The van der Waals surface area contributed by atoms with E-state index < -0.39 is 0 Å². The molecule has 0 radical (unpaired) electrons. The number of carbonyl (C=O) groups is 1. The second-order valence-corrected chi connectivity index (χ2v) is 9.19. The molecule has 172 valence electrons. The number of amides is 2. The van der Waals surface area contributed by atoms with Crippen LogP contribution in [0.4, 0.5) is 14.9 Å². The van der Waals surface area contributed by atoms with Crippen molar-refractivity contribution >= 4 is 11.7 Å².